The molecule has 0 bridgehead atoms. The van der Waals surface area contributed by atoms with Gasteiger partial charge < -0.3 is 15.0 Å². The van der Waals surface area contributed by atoms with Crippen LogP contribution in [0.3, 0.4) is 0 Å². The third kappa shape index (κ3) is 5.13. The van der Waals surface area contributed by atoms with Crippen LogP contribution in [0.5, 0.6) is 0 Å². The van der Waals surface area contributed by atoms with E-state index in [1.807, 2.05) is 36.1 Å². The normalized spacial score (nSPS) is 28.8. The van der Waals surface area contributed by atoms with Crippen molar-refractivity contribution in [2.45, 2.75) is 77.5 Å². The minimum absolute atomic E-state index is 0.0275. The Morgan fingerprint density at radius 3 is 2.38 bits per heavy atom. The fourth-order valence-corrected chi connectivity index (χ4v) is 7.35. The van der Waals surface area contributed by atoms with E-state index in [4.69, 9.17) is 7.48 Å². The van der Waals surface area contributed by atoms with E-state index >= 15 is 0 Å². The van der Waals surface area contributed by atoms with Crippen LogP contribution < -0.4 is 5.32 Å². The van der Waals surface area contributed by atoms with Crippen LogP contribution >= 0.6 is 0 Å². The standard InChI is InChI=1S/C30H42N6O/c1-19-24(7-8-27-25(19)18-35(6)34-27)26-9-10-28(33-32-26)31-23-11-21-16-36(17-22(21)12-23)15-20-13-29(2,3)37-30(4,5)14-20/h7-10,18,20-23H,11-17H2,1-6H3,(H,31,33)/t21-,22+,23?/i15D2. The Bertz CT molecular complexity index is 1340. The SMILES string of the molecule is [2H]C([2H])(C1CC(C)(C)OC(C)(C)C1)N1C[C@H]2CC(Nc3ccc(-c4ccc5nn(C)cc5c4C)nn3)C[C@H]2C1. The van der Waals surface area contributed by atoms with Crippen molar-refractivity contribution in [1.29, 1.82) is 0 Å². The number of benzene rings is 1. The quantitative estimate of drug-likeness (QED) is 0.499. The maximum absolute atomic E-state index is 9.13. The molecule has 1 N–H and O–H groups in total. The van der Waals surface area contributed by atoms with Crippen LogP contribution in [0.1, 0.15) is 61.7 Å². The summed E-state index contributed by atoms with van der Waals surface area (Å²) in [6.45, 7) is 10.8. The summed E-state index contributed by atoms with van der Waals surface area (Å²) in [5.74, 6) is 1.81. The number of fused-ring (bicyclic) bond motifs is 2. The number of ether oxygens (including phenoxy) is 1. The van der Waals surface area contributed by atoms with E-state index in [1.165, 1.54) is 0 Å². The number of rotatable bonds is 5. The molecule has 2 saturated heterocycles. The minimum Gasteiger partial charge on any atom is -0.370 e. The number of likely N-dealkylation sites (tertiary alicyclic amines) is 1. The van der Waals surface area contributed by atoms with Crippen LogP contribution in [0.4, 0.5) is 5.82 Å². The lowest BCUT2D eigenvalue weighted by atomic mass is 9.80. The molecule has 1 saturated carbocycles. The molecule has 1 aromatic carbocycles. The molecule has 0 spiro atoms. The highest BCUT2D eigenvalue weighted by Crippen LogP contribution is 2.42. The van der Waals surface area contributed by atoms with Gasteiger partial charge in [0.2, 0.25) is 0 Å². The molecule has 4 heterocycles. The Labute approximate surface area is 223 Å². The summed E-state index contributed by atoms with van der Waals surface area (Å²) in [7, 11) is 1.94. The highest BCUT2D eigenvalue weighted by atomic mass is 16.5. The first-order valence-corrected chi connectivity index (χ1v) is 13.8. The summed E-state index contributed by atoms with van der Waals surface area (Å²) < 4.78 is 26.3. The van der Waals surface area contributed by atoms with E-state index in [1.54, 1.807) is 0 Å². The van der Waals surface area contributed by atoms with Gasteiger partial charge in [-0.3, -0.25) is 4.68 Å². The van der Waals surface area contributed by atoms with Crippen LogP contribution in [0.15, 0.2) is 30.5 Å². The lowest BCUT2D eigenvalue weighted by molar-refractivity contribution is -0.174. The number of nitrogens with one attached hydrogen (secondary N) is 1. The molecule has 3 fully saturated rings. The second kappa shape index (κ2) is 9.05. The van der Waals surface area contributed by atoms with Gasteiger partial charge in [-0.05, 0) is 102 Å². The fraction of sp³-hybridized carbons (Fsp3) is 0.633. The van der Waals surface area contributed by atoms with E-state index in [0.717, 1.165) is 72.3 Å². The average molecular weight is 505 g/mol. The van der Waals surface area contributed by atoms with Gasteiger partial charge >= 0.3 is 0 Å². The number of anilines is 1. The first-order chi connectivity index (χ1) is 18.3. The minimum atomic E-state index is -1.32. The van der Waals surface area contributed by atoms with Crippen molar-refractivity contribution in [3.63, 3.8) is 0 Å². The highest BCUT2D eigenvalue weighted by Gasteiger charge is 2.44. The molecule has 1 unspecified atom stereocenters. The van der Waals surface area contributed by atoms with E-state index < -0.39 is 6.50 Å². The van der Waals surface area contributed by atoms with Crippen molar-refractivity contribution in [2.24, 2.45) is 24.8 Å². The van der Waals surface area contributed by atoms with Crippen LogP contribution in [0, 0.1) is 24.7 Å². The second-order valence-corrected chi connectivity index (χ2v) is 12.9. The zero-order chi connectivity index (χ0) is 27.7. The molecule has 2 aromatic heterocycles. The van der Waals surface area contributed by atoms with E-state index in [2.05, 4.69) is 66.2 Å². The molecule has 3 aromatic rings. The zero-order valence-electron chi connectivity index (χ0n) is 25.1. The van der Waals surface area contributed by atoms with Crippen molar-refractivity contribution in [3.8, 4) is 11.3 Å². The maximum atomic E-state index is 9.13. The van der Waals surface area contributed by atoms with E-state index in [0.29, 0.717) is 17.9 Å². The van der Waals surface area contributed by atoms with Crippen molar-refractivity contribution in [1.82, 2.24) is 24.9 Å². The second-order valence-electron chi connectivity index (χ2n) is 12.9. The van der Waals surface area contributed by atoms with Crippen molar-refractivity contribution in [3.05, 3.63) is 36.0 Å². The molecule has 0 amide bonds. The van der Waals surface area contributed by atoms with Crippen LogP contribution in [0.2, 0.25) is 0 Å². The molecule has 3 atom stereocenters. The molecule has 0 radical (unpaired) electrons. The molecular formula is C30H42N6O. The summed E-state index contributed by atoms with van der Waals surface area (Å²) in [5, 5.41) is 18.3. The highest BCUT2D eigenvalue weighted by molar-refractivity contribution is 5.88. The van der Waals surface area contributed by atoms with Crippen LogP contribution in [-0.4, -0.2) is 61.7 Å². The van der Waals surface area contributed by atoms with Crippen molar-refractivity contribution >= 4 is 16.7 Å². The zero-order valence-corrected chi connectivity index (χ0v) is 23.1. The van der Waals surface area contributed by atoms with Gasteiger partial charge in [0.15, 0.2) is 0 Å². The summed E-state index contributed by atoms with van der Waals surface area (Å²) in [4.78, 5) is 2.14. The summed E-state index contributed by atoms with van der Waals surface area (Å²) in [5.41, 5.74) is 3.50. The number of nitrogens with zero attached hydrogens (tertiary/aromatic N) is 5. The van der Waals surface area contributed by atoms with Gasteiger partial charge in [0.25, 0.3) is 0 Å². The molecule has 7 heteroatoms. The molecule has 1 aliphatic carbocycles. The van der Waals surface area contributed by atoms with Gasteiger partial charge in [-0.2, -0.15) is 5.10 Å². The molecule has 3 aliphatic rings. The van der Waals surface area contributed by atoms with Crippen molar-refractivity contribution < 1.29 is 7.48 Å². The Kier molecular flexibility index (Phi) is 5.50. The molecule has 6 rings (SSSR count). The number of aryl methyl sites for hydroxylation is 2. The van der Waals surface area contributed by atoms with Gasteiger partial charge in [0.05, 0.1) is 22.4 Å². The third-order valence-corrected chi connectivity index (χ3v) is 8.51. The topological polar surface area (TPSA) is 68.1 Å². The van der Waals surface area contributed by atoms with Crippen LogP contribution in [0.25, 0.3) is 22.2 Å². The van der Waals surface area contributed by atoms with Gasteiger partial charge in [0.1, 0.15) is 5.82 Å². The number of aromatic nitrogens is 4. The molecule has 2 aliphatic heterocycles. The predicted octanol–water partition coefficient (Wildman–Crippen LogP) is 5.44. The van der Waals surface area contributed by atoms with E-state index in [-0.39, 0.29) is 17.1 Å². The summed E-state index contributed by atoms with van der Waals surface area (Å²) >= 11 is 0. The van der Waals surface area contributed by atoms with Gasteiger partial charge in [0, 0.05) is 52.6 Å². The Morgan fingerprint density at radius 1 is 1.03 bits per heavy atom. The van der Waals surface area contributed by atoms with Crippen LogP contribution in [-0.2, 0) is 11.8 Å². The summed E-state index contributed by atoms with van der Waals surface area (Å²) in [6.07, 6.45) is 5.64. The molecule has 7 nitrogen and oxygen atoms in total. The third-order valence-electron chi connectivity index (χ3n) is 8.51. The fourth-order valence-electron chi connectivity index (χ4n) is 7.35. The lowest BCUT2D eigenvalue weighted by Crippen LogP contribution is -2.47. The predicted molar refractivity (Wildman–Crippen MR) is 149 cm³/mol. The maximum Gasteiger partial charge on any atom is 0.148 e. The van der Waals surface area contributed by atoms with Gasteiger partial charge in [-0.25, -0.2) is 0 Å². The smallest absolute Gasteiger partial charge is 0.148 e. The molecule has 198 valence electrons. The number of hydrogen-bond donors (Lipinski definition) is 1. The summed E-state index contributed by atoms with van der Waals surface area (Å²) in [6, 6.07) is 8.54. The monoisotopic (exact) mass is 504 g/mol. The first kappa shape index (κ1) is 22.5. The molecule has 37 heavy (non-hydrogen) atoms. The van der Waals surface area contributed by atoms with Gasteiger partial charge in [-0.1, -0.05) is 6.07 Å². The Balaban J connectivity index is 1.08. The van der Waals surface area contributed by atoms with Gasteiger partial charge in [-0.15, -0.1) is 10.2 Å². The average Bonchev–Trinajstić information content (AvgIpc) is 3.51. The Hall–Kier alpha value is -2.51. The number of hydrogen-bond acceptors (Lipinski definition) is 6. The largest absolute Gasteiger partial charge is 0.370 e. The first-order valence-electron chi connectivity index (χ1n) is 14.8. The Morgan fingerprint density at radius 2 is 1.73 bits per heavy atom. The lowest BCUT2D eigenvalue weighted by Gasteiger charge is -2.46. The molecular weight excluding hydrogens is 460 g/mol. The van der Waals surface area contributed by atoms with Crippen molar-refractivity contribution in [2.75, 3.05) is 24.9 Å². The van der Waals surface area contributed by atoms with E-state index in [9.17, 15) is 0 Å².